The predicted molar refractivity (Wildman–Crippen MR) is 295 cm³/mol. The molecule has 15 rings (SSSR count). The van der Waals surface area contributed by atoms with Gasteiger partial charge in [-0.3, -0.25) is 0 Å². The number of rotatable bonds is 5. The maximum atomic E-state index is 2.52. The zero-order valence-corrected chi connectivity index (χ0v) is 40.2. The molecule has 2 heterocycles. The van der Waals surface area contributed by atoms with E-state index in [2.05, 4.69) is 266 Å². The van der Waals surface area contributed by atoms with E-state index in [-0.39, 0.29) is 0 Å². The summed E-state index contributed by atoms with van der Waals surface area (Å²) in [4.78, 5) is 7.73. The Labute approximate surface area is 423 Å². The minimum absolute atomic E-state index is 0.501. The second-order valence-corrected chi connectivity index (χ2v) is 21.2. The summed E-state index contributed by atoms with van der Waals surface area (Å²) >= 11 is 3.78. The van der Waals surface area contributed by atoms with Crippen LogP contribution in [0.3, 0.4) is 0 Å². The standard InChI is InChI=1S/C68H43NS2/c1-2-16-44(17-3-1)45-30-32-46(33-31-45)47-34-36-48(37-35-47)69(49-38-40-53-51-18-4-6-20-55(51)67(61(53)42-49)57-22-8-12-26-63(57)70-64-27-13-9-23-58(64)67)50-39-41-54-52-19-5-7-21-56(52)68(62(54)43-50)59-24-10-14-28-65(59)71-66-29-15-11-25-60(66)68/h1-43H. The van der Waals surface area contributed by atoms with Crippen molar-refractivity contribution in [3.05, 3.63) is 305 Å². The highest BCUT2D eigenvalue weighted by atomic mass is 32.2. The first kappa shape index (κ1) is 40.8. The van der Waals surface area contributed by atoms with Crippen LogP contribution in [0.15, 0.2) is 280 Å². The molecule has 0 saturated carbocycles. The van der Waals surface area contributed by atoms with Gasteiger partial charge in [-0.05, 0) is 150 Å². The summed E-state index contributed by atoms with van der Waals surface area (Å²) in [6, 6.07) is 98.0. The first-order valence-electron chi connectivity index (χ1n) is 24.5. The molecule has 71 heavy (non-hydrogen) atoms. The van der Waals surface area contributed by atoms with Crippen LogP contribution < -0.4 is 4.90 Å². The van der Waals surface area contributed by atoms with Crippen LogP contribution >= 0.6 is 23.5 Å². The first-order chi connectivity index (χ1) is 35.2. The Kier molecular flexibility index (Phi) is 9.03. The van der Waals surface area contributed by atoms with Crippen molar-refractivity contribution in [3.8, 4) is 44.5 Å². The van der Waals surface area contributed by atoms with Crippen LogP contribution in [0.2, 0.25) is 0 Å². The Hall–Kier alpha value is -8.08. The van der Waals surface area contributed by atoms with Crippen molar-refractivity contribution in [3.63, 3.8) is 0 Å². The van der Waals surface area contributed by atoms with Crippen LogP contribution in [0.25, 0.3) is 44.5 Å². The molecule has 332 valence electrons. The number of hydrogen-bond donors (Lipinski definition) is 0. The molecular weight excluding hydrogens is 895 g/mol. The van der Waals surface area contributed by atoms with Gasteiger partial charge in [-0.15, -0.1) is 0 Å². The van der Waals surface area contributed by atoms with Gasteiger partial charge in [0.05, 0.1) is 10.8 Å². The molecule has 0 atom stereocenters. The summed E-state index contributed by atoms with van der Waals surface area (Å²) in [6.07, 6.45) is 0. The highest BCUT2D eigenvalue weighted by Crippen LogP contribution is 2.65. The van der Waals surface area contributed by atoms with Crippen LogP contribution in [-0.2, 0) is 10.8 Å². The molecule has 0 radical (unpaired) electrons. The summed E-state index contributed by atoms with van der Waals surface area (Å²) < 4.78 is 0. The van der Waals surface area contributed by atoms with Gasteiger partial charge in [0, 0.05) is 36.6 Å². The fourth-order valence-corrected chi connectivity index (χ4v) is 15.1. The smallest absolute Gasteiger partial charge is 0.0736 e. The van der Waals surface area contributed by atoms with E-state index in [1.165, 1.54) is 109 Å². The van der Waals surface area contributed by atoms with E-state index in [4.69, 9.17) is 0 Å². The van der Waals surface area contributed by atoms with Crippen molar-refractivity contribution in [2.75, 3.05) is 4.90 Å². The molecule has 3 heteroatoms. The summed E-state index contributed by atoms with van der Waals surface area (Å²) in [5.41, 5.74) is 23.0. The van der Waals surface area contributed by atoms with Crippen molar-refractivity contribution in [1.29, 1.82) is 0 Å². The molecule has 2 aliphatic carbocycles. The summed E-state index contributed by atoms with van der Waals surface area (Å²) in [5, 5.41) is 0. The molecule has 0 fully saturated rings. The Morgan fingerprint density at radius 2 is 0.521 bits per heavy atom. The van der Waals surface area contributed by atoms with Gasteiger partial charge >= 0.3 is 0 Å². The summed E-state index contributed by atoms with van der Waals surface area (Å²) in [6.45, 7) is 0. The number of hydrogen-bond acceptors (Lipinski definition) is 3. The van der Waals surface area contributed by atoms with Gasteiger partial charge < -0.3 is 4.90 Å². The normalized spacial score (nSPS) is 14.3. The maximum Gasteiger partial charge on any atom is 0.0736 e. The lowest BCUT2D eigenvalue weighted by atomic mass is 9.67. The lowest BCUT2D eigenvalue weighted by molar-refractivity contribution is 0.721. The van der Waals surface area contributed by atoms with Crippen LogP contribution in [0.4, 0.5) is 17.1 Å². The van der Waals surface area contributed by atoms with Crippen LogP contribution in [0, 0.1) is 0 Å². The second kappa shape index (κ2) is 15.7. The predicted octanol–water partition coefficient (Wildman–Crippen LogP) is 18.1. The third kappa shape index (κ3) is 5.79. The van der Waals surface area contributed by atoms with E-state index in [1.54, 1.807) is 0 Å². The molecule has 0 N–H and O–H groups in total. The monoisotopic (exact) mass is 937 g/mol. The molecule has 0 aromatic heterocycles. The molecule has 0 unspecified atom stereocenters. The fraction of sp³-hybridized carbons (Fsp3) is 0.0294. The van der Waals surface area contributed by atoms with Crippen molar-refractivity contribution < 1.29 is 0 Å². The van der Waals surface area contributed by atoms with Crippen LogP contribution in [-0.4, -0.2) is 0 Å². The molecule has 2 spiro atoms. The summed E-state index contributed by atoms with van der Waals surface area (Å²) in [7, 11) is 0. The largest absolute Gasteiger partial charge is 0.310 e. The van der Waals surface area contributed by atoms with Gasteiger partial charge in [-0.25, -0.2) is 0 Å². The molecule has 4 aliphatic rings. The molecule has 0 amide bonds. The molecule has 0 saturated heterocycles. The minimum Gasteiger partial charge on any atom is -0.310 e. The molecule has 1 nitrogen and oxygen atoms in total. The van der Waals surface area contributed by atoms with E-state index in [0.717, 1.165) is 17.1 Å². The lowest BCUT2D eigenvalue weighted by Gasteiger charge is -2.40. The third-order valence-electron chi connectivity index (χ3n) is 15.6. The van der Waals surface area contributed by atoms with Gasteiger partial charge in [0.1, 0.15) is 0 Å². The van der Waals surface area contributed by atoms with Gasteiger partial charge in [-0.1, -0.05) is 224 Å². The van der Waals surface area contributed by atoms with E-state index in [0.29, 0.717) is 0 Å². The molecule has 11 aromatic rings. The zero-order valence-electron chi connectivity index (χ0n) is 38.6. The Bertz CT molecular complexity index is 3660. The third-order valence-corrected chi connectivity index (χ3v) is 17.9. The number of fused-ring (bicyclic) bond motifs is 18. The van der Waals surface area contributed by atoms with E-state index in [1.807, 2.05) is 23.5 Å². The van der Waals surface area contributed by atoms with Crippen molar-refractivity contribution >= 4 is 40.6 Å². The van der Waals surface area contributed by atoms with Gasteiger partial charge in [0.2, 0.25) is 0 Å². The Morgan fingerprint density at radius 3 is 0.930 bits per heavy atom. The van der Waals surface area contributed by atoms with Gasteiger partial charge in [-0.2, -0.15) is 0 Å². The SMILES string of the molecule is c1ccc(-c2ccc(-c3ccc(N(c4ccc5c(c4)C4(c6ccccc6Sc6ccccc64)c4ccccc4-5)c4ccc5c(c4)C4(c6ccccc6Sc6ccccc64)c4ccccc4-5)cc3)cc2)cc1. The van der Waals surface area contributed by atoms with E-state index in [9.17, 15) is 0 Å². The zero-order chi connectivity index (χ0) is 46.7. The number of nitrogens with zero attached hydrogens (tertiary/aromatic N) is 1. The fourth-order valence-electron chi connectivity index (χ4n) is 12.7. The molecular formula is C68H43NS2. The van der Waals surface area contributed by atoms with E-state index >= 15 is 0 Å². The van der Waals surface area contributed by atoms with Gasteiger partial charge in [0.15, 0.2) is 0 Å². The van der Waals surface area contributed by atoms with Gasteiger partial charge in [0.25, 0.3) is 0 Å². The topological polar surface area (TPSA) is 3.24 Å². The maximum absolute atomic E-state index is 2.52. The summed E-state index contributed by atoms with van der Waals surface area (Å²) in [5.74, 6) is 0. The van der Waals surface area contributed by atoms with Crippen molar-refractivity contribution in [2.24, 2.45) is 0 Å². The molecule has 0 bridgehead atoms. The number of anilines is 3. The minimum atomic E-state index is -0.501. The Morgan fingerprint density at radius 1 is 0.225 bits per heavy atom. The van der Waals surface area contributed by atoms with Crippen molar-refractivity contribution in [1.82, 2.24) is 0 Å². The first-order valence-corrected chi connectivity index (χ1v) is 26.1. The second-order valence-electron chi connectivity index (χ2n) is 19.1. The lowest BCUT2D eigenvalue weighted by Crippen LogP contribution is -2.32. The van der Waals surface area contributed by atoms with Crippen LogP contribution in [0.5, 0.6) is 0 Å². The number of benzene rings is 11. The van der Waals surface area contributed by atoms with E-state index < -0.39 is 10.8 Å². The Balaban J connectivity index is 0.964. The highest BCUT2D eigenvalue weighted by molar-refractivity contribution is 7.99. The highest BCUT2D eigenvalue weighted by Gasteiger charge is 2.52. The van der Waals surface area contributed by atoms with Crippen molar-refractivity contribution in [2.45, 2.75) is 30.4 Å². The average molecular weight is 938 g/mol. The average Bonchev–Trinajstić information content (AvgIpc) is 3.89. The van der Waals surface area contributed by atoms with Crippen LogP contribution in [0.1, 0.15) is 44.5 Å². The quantitative estimate of drug-likeness (QED) is 0.169. The molecule has 2 aliphatic heterocycles. The molecule has 11 aromatic carbocycles.